The molecule has 0 unspecified atom stereocenters. The summed E-state index contributed by atoms with van der Waals surface area (Å²) in [7, 11) is -9.89. The quantitative estimate of drug-likeness (QED) is 0.253. The van der Waals surface area contributed by atoms with Crippen LogP contribution in [0.15, 0.2) is 36.4 Å². The molecule has 1 saturated heterocycles. The van der Waals surface area contributed by atoms with Crippen molar-refractivity contribution in [1.82, 2.24) is 14.9 Å². The minimum atomic E-state index is -4.94. The first kappa shape index (κ1) is 40.9. The van der Waals surface area contributed by atoms with Crippen molar-refractivity contribution in [1.29, 1.82) is 0 Å². The standard InChI is InChI=1S/C15H23N3OS.C6H9N3.2ClHO4.Zn/c1-15(2,3)14(19)17-13-6-4-5-12(16-13)11-18-7-9-20-10-8-18;7-4-5-2-1-3-6(8)9-5;2*2-1(3,4)5;/h4-6H,7-11H2,1-3H3,(H,16,17,19);1-3H,4,7H2,(H2,8,9);2*(H,2,3,4,5);/q;;;;+2/p-2. The molecule has 1 amide bonds. The van der Waals surface area contributed by atoms with E-state index in [9.17, 15) is 4.79 Å². The molecule has 0 aliphatic carbocycles. The van der Waals surface area contributed by atoms with Gasteiger partial charge in [-0.15, -0.1) is 20.5 Å². The summed E-state index contributed by atoms with van der Waals surface area (Å²) in [5.41, 5.74) is 12.1. The summed E-state index contributed by atoms with van der Waals surface area (Å²) < 4.78 is 67.9. The first-order valence-corrected chi connectivity index (χ1v) is 14.6. The number of hydrogen-bond donors (Lipinski definition) is 3. The van der Waals surface area contributed by atoms with Gasteiger partial charge in [-0.1, -0.05) is 32.9 Å². The number of aromatic nitrogens is 2. The van der Waals surface area contributed by atoms with Crippen LogP contribution in [0.2, 0.25) is 0 Å². The summed E-state index contributed by atoms with van der Waals surface area (Å²) in [6.07, 6.45) is 0. The van der Waals surface area contributed by atoms with Crippen LogP contribution in [0.5, 0.6) is 0 Å². The molecular formula is C21H32Cl2N6O9SZn. The smallest absolute Gasteiger partial charge is 0.384 e. The Morgan fingerprint density at radius 3 is 1.82 bits per heavy atom. The molecule has 1 fully saturated rings. The van der Waals surface area contributed by atoms with Crippen molar-refractivity contribution in [2.75, 3.05) is 35.6 Å². The number of nitrogen functional groups attached to an aromatic ring is 1. The van der Waals surface area contributed by atoms with Crippen LogP contribution in [-0.2, 0) is 37.4 Å². The van der Waals surface area contributed by atoms with Gasteiger partial charge < -0.3 is 16.8 Å². The van der Waals surface area contributed by atoms with Gasteiger partial charge in [-0.25, -0.2) is 47.2 Å². The first-order valence-electron chi connectivity index (χ1n) is 11.0. The van der Waals surface area contributed by atoms with Gasteiger partial charge in [0.1, 0.15) is 11.6 Å². The Balaban J connectivity index is 0. The minimum absolute atomic E-state index is 0. The summed E-state index contributed by atoms with van der Waals surface area (Å²) in [6.45, 7) is 9.24. The Morgan fingerprint density at radius 1 is 0.925 bits per heavy atom. The molecule has 0 bridgehead atoms. The van der Waals surface area contributed by atoms with E-state index in [4.69, 9.17) is 48.7 Å². The molecule has 15 nitrogen and oxygen atoms in total. The number of pyridine rings is 2. The Labute approximate surface area is 253 Å². The number of thioether (sulfide) groups is 1. The van der Waals surface area contributed by atoms with Gasteiger partial charge in [0.2, 0.25) is 5.91 Å². The van der Waals surface area contributed by atoms with E-state index in [1.165, 1.54) is 11.5 Å². The Kier molecular flexibility index (Phi) is 20.2. The fraction of sp³-hybridized carbons (Fsp3) is 0.476. The van der Waals surface area contributed by atoms with E-state index in [1.807, 2.05) is 62.9 Å². The molecule has 2 aromatic heterocycles. The normalized spacial score (nSPS) is 13.6. The van der Waals surface area contributed by atoms with Crippen LogP contribution in [-0.4, -0.2) is 45.4 Å². The van der Waals surface area contributed by atoms with Crippen molar-refractivity contribution in [3.8, 4) is 0 Å². The number of nitrogens with one attached hydrogen (secondary N) is 1. The van der Waals surface area contributed by atoms with Crippen LogP contribution < -0.4 is 54.1 Å². The molecule has 0 spiro atoms. The third kappa shape index (κ3) is 25.7. The first-order chi connectivity index (χ1) is 17.8. The van der Waals surface area contributed by atoms with E-state index in [0.717, 1.165) is 31.0 Å². The van der Waals surface area contributed by atoms with Crippen LogP contribution in [0.4, 0.5) is 11.6 Å². The van der Waals surface area contributed by atoms with Crippen LogP contribution in [0.1, 0.15) is 32.2 Å². The van der Waals surface area contributed by atoms with Crippen molar-refractivity contribution >= 4 is 29.3 Å². The molecule has 5 N–H and O–H groups in total. The molecule has 3 heterocycles. The summed E-state index contributed by atoms with van der Waals surface area (Å²) in [5.74, 6) is 3.56. The van der Waals surface area contributed by atoms with E-state index >= 15 is 0 Å². The molecular weight excluding hydrogens is 649 g/mol. The van der Waals surface area contributed by atoms with Gasteiger partial charge in [0.25, 0.3) is 0 Å². The zero-order chi connectivity index (χ0) is 30.3. The minimum Gasteiger partial charge on any atom is -0.384 e. The Hall–Kier alpha value is -1.28. The maximum Gasteiger partial charge on any atom is 2.00 e. The van der Waals surface area contributed by atoms with Gasteiger partial charge in [0.05, 0.1) is 11.4 Å². The number of carbonyl (C=O) groups excluding carboxylic acids is 1. The molecule has 1 aliphatic rings. The average molecular weight is 681 g/mol. The molecule has 0 atom stereocenters. The van der Waals surface area contributed by atoms with Crippen LogP contribution in [0.3, 0.4) is 0 Å². The third-order valence-corrected chi connectivity index (χ3v) is 5.20. The number of hydrogen-bond acceptors (Lipinski definition) is 15. The van der Waals surface area contributed by atoms with E-state index < -0.39 is 25.9 Å². The van der Waals surface area contributed by atoms with E-state index in [-0.39, 0.29) is 25.4 Å². The largest absolute Gasteiger partial charge is 2.00 e. The summed E-state index contributed by atoms with van der Waals surface area (Å²) >= 11 is 2.00. The van der Waals surface area contributed by atoms with Gasteiger partial charge in [-0.05, 0) is 24.3 Å². The average Bonchev–Trinajstić information content (AvgIpc) is 2.77. The van der Waals surface area contributed by atoms with Gasteiger partial charge >= 0.3 is 19.5 Å². The number of anilines is 2. The molecule has 0 saturated carbocycles. The van der Waals surface area contributed by atoms with Gasteiger partial charge in [0.15, 0.2) is 0 Å². The number of amides is 1. The maximum atomic E-state index is 12.0. The molecule has 0 radical (unpaired) electrons. The predicted octanol–water partition coefficient (Wildman–Crippen LogP) is -6.78. The summed E-state index contributed by atoms with van der Waals surface area (Å²) in [6, 6.07) is 11.2. The van der Waals surface area contributed by atoms with Crippen LogP contribution >= 0.6 is 11.8 Å². The Bertz CT molecular complexity index is 968. The van der Waals surface area contributed by atoms with E-state index in [0.29, 0.717) is 18.2 Å². The predicted molar refractivity (Wildman–Crippen MR) is 121 cm³/mol. The number of carbonyl (C=O) groups is 1. The third-order valence-electron chi connectivity index (χ3n) is 4.26. The molecule has 222 valence electrons. The zero-order valence-corrected chi connectivity index (χ0v) is 27.5. The fourth-order valence-electron chi connectivity index (χ4n) is 2.54. The van der Waals surface area contributed by atoms with Crippen molar-refractivity contribution in [3.05, 3.63) is 47.8 Å². The fourth-order valence-corrected chi connectivity index (χ4v) is 3.52. The molecule has 0 aromatic carbocycles. The zero-order valence-electron chi connectivity index (χ0n) is 22.2. The monoisotopic (exact) mass is 678 g/mol. The summed E-state index contributed by atoms with van der Waals surface area (Å²) in [5, 5.41) is 2.89. The topological polar surface area (TPSA) is 295 Å². The van der Waals surface area contributed by atoms with Crippen molar-refractivity contribution in [3.63, 3.8) is 0 Å². The second-order valence-corrected chi connectivity index (χ2v) is 11.4. The van der Waals surface area contributed by atoms with Gasteiger partial charge in [-0.2, -0.15) is 11.8 Å². The van der Waals surface area contributed by atoms with Crippen molar-refractivity contribution in [2.45, 2.75) is 33.9 Å². The summed E-state index contributed by atoms with van der Waals surface area (Å²) in [4.78, 5) is 22.9. The molecule has 1 aliphatic heterocycles. The van der Waals surface area contributed by atoms with Gasteiger partial charge in [0, 0.05) is 43.1 Å². The SMILES string of the molecule is CC(C)(C)C(=O)Nc1cccc(CN2CCSCC2)n1.NCc1cccc(N)n1.[O-][Cl+3]([O-])([O-])[O-].[O-][Cl+3]([O-])([O-])[O-].[Zn+2]. The number of rotatable bonds is 4. The van der Waals surface area contributed by atoms with Crippen molar-refractivity contribution < 1.29 is 82.0 Å². The van der Waals surface area contributed by atoms with E-state index in [1.54, 1.807) is 6.07 Å². The molecule has 3 rings (SSSR count). The maximum absolute atomic E-state index is 12.0. The second kappa shape index (κ2) is 19.8. The van der Waals surface area contributed by atoms with Crippen LogP contribution in [0.25, 0.3) is 0 Å². The number of halogens is 2. The van der Waals surface area contributed by atoms with Crippen molar-refractivity contribution in [2.24, 2.45) is 11.1 Å². The second-order valence-electron chi connectivity index (χ2n) is 8.62. The number of nitrogens with two attached hydrogens (primary N) is 2. The molecule has 40 heavy (non-hydrogen) atoms. The molecule has 2 aromatic rings. The van der Waals surface area contributed by atoms with Crippen LogP contribution in [0, 0.1) is 25.9 Å². The van der Waals surface area contributed by atoms with Gasteiger partial charge in [-0.3, -0.25) is 9.69 Å². The molecule has 19 heteroatoms. The number of nitrogens with zero attached hydrogens (tertiary/aromatic N) is 3. The Morgan fingerprint density at radius 2 is 1.40 bits per heavy atom. The van der Waals surface area contributed by atoms with E-state index in [2.05, 4.69) is 20.2 Å².